The highest BCUT2D eigenvalue weighted by molar-refractivity contribution is 6.03. The Bertz CT molecular complexity index is 1210. The molecule has 1 N–H and O–H groups in total. The Morgan fingerprint density at radius 1 is 1.15 bits per heavy atom. The SMILES string of the molecule is Cc1nc(N[C@H](C)c2cccc(C(F)F)c2F)c2cc(C(=O)N(C)C)c(N3CCC3)nc2n1. The van der Waals surface area contributed by atoms with Gasteiger partial charge in [0.05, 0.1) is 22.6 Å². The van der Waals surface area contributed by atoms with Gasteiger partial charge in [-0.15, -0.1) is 0 Å². The number of fused-ring (bicyclic) bond motifs is 1. The van der Waals surface area contributed by atoms with Crippen LogP contribution in [0.15, 0.2) is 24.3 Å². The normalized spacial score (nSPS) is 14.4. The number of nitrogens with one attached hydrogen (secondary N) is 1. The maximum absolute atomic E-state index is 14.7. The first-order chi connectivity index (χ1) is 15.7. The van der Waals surface area contributed by atoms with Crippen molar-refractivity contribution in [3.05, 3.63) is 52.6 Å². The summed E-state index contributed by atoms with van der Waals surface area (Å²) in [5, 5.41) is 3.60. The third kappa shape index (κ3) is 4.29. The number of amides is 1. The average Bonchev–Trinajstić information content (AvgIpc) is 2.71. The lowest BCUT2D eigenvalue weighted by atomic mass is 10.0. The summed E-state index contributed by atoms with van der Waals surface area (Å²) in [5.74, 6) is 0.195. The molecule has 33 heavy (non-hydrogen) atoms. The van der Waals surface area contributed by atoms with E-state index in [1.165, 1.54) is 17.0 Å². The lowest BCUT2D eigenvalue weighted by molar-refractivity contribution is 0.0827. The van der Waals surface area contributed by atoms with Crippen molar-refractivity contribution in [3.8, 4) is 0 Å². The van der Waals surface area contributed by atoms with Crippen LogP contribution in [-0.2, 0) is 0 Å². The molecule has 3 aromatic rings. The van der Waals surface area contributed by atoms with Crippen molar-refractivity contribution in [2.24, 2.45) is 0 Å². The summed E-state index contributed by atoms with van der Waals surface area (Å²) in [5.41, 5.74) is 0.258. The van der Waals surface area contributed by atoms with E-state index in [2.05, 4.69) is 20.3 Å². The van der Waals surface area contributed by atoms with Gasteiger partial charge >= 0.3 is 0 Å². The summed E-state index contributed by atoms with van der Waals surface area (Å²) < 4.78 is 41.0. The molecule has 7 nitrogen and oxygen atoms in total. The molecule has 4 rings (SSSR count). The number of pyridine rings is 1. The predicted octanol–water partition coefficient (Wildman–Crippen LogP) is 4.49. The third-order valence-corrected chi connectivity index (χ3v) is 5.68. The molecule has 0 radical (unpaired) electrons. The van der Waals surface area contributed by atoms with Crippen LogP contribution in [-0.4, -0.2) is 52.9 Å². The Kier molecular flexibility index (Phi) is 6.09. The molecule has 0 saturated carbocycles. The van der Waals surface area contributed by atoms with Gasteiger partial charge < -0.3 is 15.1 Å². The van der Waals surface area contributed by atoms with Crippen LogP contribution in [0.3, 0.4) is 0 Å². The first kappa shape index (κ1) is 22.8. The summed E-state index contributed by atoms with van der Waals surface area (Å²) >= 11 is 0. The lowest BCUT2D eigenvalue weighted by Crippen LogP contribution is -2.39. The van der Waals surface area contributed by atoms with Crippen LogP contribution in [0.5, 0.6) is 0 Å². The molecule has 1 atom stereocenters. The fraction of sp³-hybridized carbons (Fsp3) is 0.391. The number of aryl methyl sites for hydroxylation is 1. The van der Waals surface area contributed by atoms with Gasteiger partial charge in [0.25, 0.3) is 12.3 Å². The highest BCUT2D eigenvalue weighted by atomic mass is 19.3. The zero-order valence-electron chi connectivity index (χ0n) is 18.9. The fourth-order valence-electron chi connectivity index (χ4n) is 3.79. The molecule has 0 bridgehead atoms. The molecular weight excluding hydrogens is 433 g/mol. The standard InChI is InChI=1S/C23H25F3N6O/c1-12(14-7-5-8-15(18(14)24)19(25)26)27-20-16-11-17(23(33)31(3)4)22(32-9-6-10-32)30-21(16)29-13(2)28-20/h5,7-8,11-12,19H,6,9-10H2,1-4H3,(H,27,28,29,30)/t12-/m1/s1. The molecule has 0 unspecified atom stereocenters. The zero-order valence-corrected chi connectivity index (χ0v) is 18.9. The Balaban J connectivity index is 1.80. The monoisotopic (exact) mass is 458 g/mol. The second kappa shape index (κ2) is 8.84. The highest BCUT2D eigenvalue weighted by Gasteiger charge is 2.26. The molecule has 1 aliphatic heterocycles. The number of benzene rings is 1. The summed E-state index contributed by atoms with van der Waals surface area (Å²) in [6, 6.07) is 4.94. The van der Waals surface area contributed by atoms with Gasteiger partial charge in [-0.1, -0.05) is 18.2 Å². The fourth-order valence-corrected chi connectivity index (χ4v) is 3.79. The van der Waals surface area contributed by atoms with E-state index in [1.807, 2.05) is 4.90 Å². The quantitative estimate of drug-likeness (QED) is 0.587. The molecular formula is C23H25F3N6O. The van der Waals surface area contributed by atoms with Crippen molar-refractivity contribution in [2.45, 2.75) is 32.7 Å². The number of carbonyl (C=O) groups excluding carboxylic acids is 1. The molecule has 1 amide bonds. The third-order valence-electron chi connectivity index (χ3n) is 5.68. The summed E-state index contributed by atoms with van der Waals surface area (Å²) in [7, 11) is 3.33. The number of carbonyl (C=O) groups is 1. The van der Waals surface area contributed by atoms with Gasteiger partial charge in [-0.25, -0.2) is 28.1 Å². The van der Waals surface area contributed by atoms with E-state index in [9.17, 15) is 18.0 Å². The Morgan fingerprint density at radius 2 is 1.85 bits per heavy atom. The van der Waals surface area contributed by atoms with Gasteiger partial charge in [-0.3, -0.25) is 4.79 Å². The van der Waals surface area contributed by atoms with Crippen LogP contribution < -0.4 is 10.2 Å². The van der Waals surface area contributed by atoms with Gasteiger partial charge in [0, 0.05) is 32.7 Å². The summed E-state index contributed by atoms with van der Waals surface area (Å²) in [6.45, 7) is 4.97. The molecule has 1 fully saturated rings. The maximum atomic E-state index is 14.7. The number of nitrogens with zero attached hydrogens (tertiary/aromatic N) is 5. The number of aromatic nitrogens is 3. The second-order valence-corrected chi connectivity index (χ2v) is 8.31. The van der Waals surface area contributed by atoms with E-state index in [4.69, 9.17) is 0 Å². The molecule has 0 spiro atoms. The first-order valence-corrected chi connectivity index (χ1v) is 10.7. The highest BCUT2D eigenvalue weighted by Crippen LogP contribution is 2.33. The number of anilines is 2. The Hall–Kier alpha value is -3.43. The number of rotatable bonds is 6. The van der Waals surface area contributed by atoms with Crippen molar-refractivity contribution in [1.82, 2.24) is 19.9 Å². The molecule has 174 valence electrons. The van der Waals surface area contributed by atoms with Crippen molar-refractivity contribution < 1.29 is 18.0 Å². The van der Waals surface area contributed by atoms with Crippen LogP contribution >= 0.6 is 0 Å². The van der Waals surface area contributed by atoms with Crippen molar-refractivity contribution in [3.63, 3.8) is 0 Å². The number of hydrogen-bond acceptors (Lipinski definition) is 6. The molecule has 1 aliphatic rings. The largest absolute Gasteiger partial charge is 0.363 e. The van der Waals surface area contributed by atoms with Crippen molar-refractivity contribution in [1.29, 1.82) is 0 Å². The van der Waals surface area contributed by atoms with Crippen molar-refractivity contribution >= 4 is 28.6 Å². The van der Waals surface area contributed by atoms with Crippen LogP contribution in [0.1, 0.15) is 53.1 Å². The smallest absolute Gasteiger partial charge is 0.266 e. The van der Waals surface area contributed by atoms with E-state index in [0.717, 1.165) is 25.6 Å². The number of halogens is 3. The number of alkyl halides is 2. The van der Waals surface area contributed by atoms with Crippen LogP contribution in [0, 0.1) is 12.7 Å². The lowest BCUT2D eigenvalue weighted by Gasteiger charge is -2.33. The van der Waals surface area contributed by atoms with Gasteiger partial charge in [-0.05, 0) is 26.3 Å². The Labute approximate surface area is 189 Å². The molecule has 1 saturated heterocycles. The Morgan fingerprint density at radius 3 is 2.45 bits per heavy atom. The van der Waals surface area contributed by atoms with Crippen LogP contribution in [0.4, 0.5) is 24.8 Å². The molecule has 1 aromatic carbocycles. The maximum Gasteiger partial charge on any atom is 0.266 e. The van der Waals surface area contributed by atoms with Crippen LogP contribution in [0.25, 0.3) is 11.0 Å². The topological polar surface area (TPSA) is 74.2 Å². The number of hydrogen-bond donors (Lipinski definition) is 1. The minimum absolute atomic E-state index is 0.0898. The second-order valence-electron chi connectivity index (χ2n) is 8.31. The van der Waals surface area contributed by atoms with Gasteiger partial charge in [0.15, 0.2) is 5.65 Å². The minimum Gasteiger partial charge on any atom is -0.363 e. The minimum atomic E-state index is -2.91. The molecule has 10 heteroatoms. The van der Waals surface area contributed by atoms with Crippen LogP contribution in [0.2, 0.25) is 0 Å². The van der Waals surface area contributed by atoms with E-state index in [1.54, 1.807) is 34.0 Å². The van der Waals surface area contributed by atoms with E-state index in [0.29, 0.717) is 34.1 Å². The average molecular weight is 458 g/mol. The first-order valence-electron chi connectivity index (χ1n) is 10.7. The zero-order chi connectivity index (χ0) is 23.9. The summed E-state index contributed by atoms with van der Waals surface area (Å²) in [4.78, 5) is 29.9. The summed E-state index contributed by atoms with van der Waals surface area (Å²) in [6.07, 6.45) is -1.89. The van der Waals surface area contributed by atoms with E-state index in [-0.39, 0.29) is 11.5 Å². The predicted molar refractivity (Wildman–Crippen MR) is 120 cm³/mol. The van der Waals surface area contributed by atoms with E-state index < -0.39 is 23.8 Å². The van der Waals surface area contributed by atoms with Gasteiger partial charge in [0.2, 0.25) is 0 Å². The molecule has 2 aromatic heterocycles. The molecule has 0 aliphatic carbocycles. The van der Waals surface area contributed by atoms with Crippen molar-refractivity contribution in [2.75, 3.05) is 37.4 Å². The van der Waals surface area contributed by atoms with E-state index >= 15 is 0 Å². The van der Waals surface area contributed by atoms with Gasteiger partial charge in [-0.2, -0.15) is 0 Å². The molecule has 3 heterocycles. The van der Waals surface area contributed by atoms with Gasteiger partial charge in [0.1, 0.15) is 23.3 Å².